The number of nitrogens with one attached hydrogen (secondary N) is 1. The number of piperidine rings is 1. The maximum Gasteiger partial charge on any atom is 0.115 e. The van der Waals surface area contributed by atoms with E-state index in [0.29, 0.717) is 5.92 Å². The smallest absolute Gasteiger partial charge is 0.115 e. The Bertz CT molecular complexity index is 292. The Morgan fingerprint density at radius 3 is 2.86 bits per heavy atom. The van der Waals surface area contributed by atoms with Gasteiger partial charge < -0.3 is 5.32 Å². The third kappa shape index (κ3) is 2.10. The van der Waals surface area contributed by atoms with Gasteiger partial charge in [-0.25, -0.2) is 9.97 Å². The van der Waals surface area contributed by atoms with E-state index in [2.05, 4.69) is 28.3 Å². The van der Waals surface area contributed by atoms with E-state index in [1.165, 1.54) is 18.5 Å². The second-order valence-electron chi connectivity index (χ2n) is 3.81. The largest absolute Gasteiger partial charge is 0.317 e. The Labute approximate surface area is 85.0 Å². The molecule has 1 aliphatic rings. The van der Waals surface area contributed by atoms with Gasteiger partial charge in [0, 0.05) is 17.3 Å². The quantitative estimate of drug-likeness (QED) is 0.770. The van der Waals surface area contributed by atoms with Crippen molar-refractivity contribution in [2.75, 3.05) is 13.1 Å². The molecule has 14 heavy (non-hydrogen) atoms. The van der Waals surface area contributed by atoms with Crippen molar-refractivity contribution in [2.24, 2.45) is 0 Å². The Morgan fingerprint density at radius 2 is 2.14 bits per heavy atom. The van der Waals surface area contributed by atoms with Gasteiger partial charge in [0.2, 0.25) is 0 Å². The maximum atomic E-state index is 4.37. The average molecular weight is 191 g/mol. The minimum absolute atomic E-state index is 0.643. The second kappa shape index (κ2) is 4.51. The molecule has 1 aromatic heterocycles. The van der Waals surface area contributed by atoms with E-state index >= 15 is 0 Å². The highest BCUT2D eigenvalue weighted by atomic mass is 14.9. The summed E-state index contributed by atoms with van der Waals surface area (Å²) in [6.45, 7) is 4.38. The zero-order valence-electron chi connectivity index (χ0n) is 8.66. The van der Waals surface area contributed by atoms with E-state index in [1.54, 1.807) is 6.33 Å². The summed E-state index contributed by atoms with van der Waals surface area (Å²) in [6, 6.07) is 2.16. The van der Waals surface area contributed by atoms with Crippen molar-refractivity contribution in [3.05, 3.63) is 23.8 Å². The molecule has 0 atom stereocenters. The topological polar surface area (TPSA) is 37.8 Å². The Balaban J connectivity index is 2.13. The lowest BCUT2D eigenvalue weighted by molar-refractivity contribution is 0.452. The molecule has 0 saturated carbocycles. The van der Waals surface area contributed by atoms with Gasteiger partial charge in [0.25, 0.3) is 0 Å². The molecule has 1 N–H and O–H groups in total. The number of aromatic nitrogens is 2. The summed E-state index contributed by atoms with van der Waals surface area (Å²) in [5.41, 5.74) is 2.40. The highest BCUT2D eigenvalue weighted by Crippen LogP contribution is 2.23. The first-order valence-corrected chi connectivity index (χ1v) is 5.41. The fourth-order valence-corrected chi connectivity index (χ4v) is 1.95. The fraction of sp³-hybridized carbons (Fsp3) is 0.636. The van der Waals surface area contributed by atoms with Crippen LogP contribution in [0.5, 0.6) is 0 Å². The molecule has 1 aliphatic heterocycles. The van der Waals surface area contributed by atoms with Crippen LogP contribution in [0.1, 0.15) is 37.1 Å². The van der Waals surface area contributed by atoms with Gasteiger partial charge in [-0.1, -0.05) is 6.92 Å². The summed E-state index contributed by atoms with van der Waals surface area (Å²) >= 11 is 0. The van der Waals surface area contributed by atoms with Crippen molar-refractivity contribution in [3.63, 3.8) is 0 Å². The standard InChI is InChI=1S/C11H17N3/c1-2-10-7-11(14-8-13-10)9-3-5-12-6-4-9/h7-9,12H,2-6H2,1H3. The minimum Gasteiger partial charge on any atom is -0.317 e. The van der Waals surface area contributed by atoms with Crippen molar-refractivity contribution < 1.29 is 0 Å². The van der Waals surface area contributed by atoms with Gasteiger partial charge in [-0.2, -0.15) is 0 Å². The zero-order chi connectivity index (χ0) is 9.80. The molecular weight excluding hydrogens is 174 g/mol. The number of nitrogens with zero attached hydrogens (tertiary/aromatic N) is 2. The molecule has 3 nitrogen and oxygen atoms in total. The highest BCUT2D eigenvalue weighted by Gasteiger charge is 2.16. The third-order valence-corrected chi connectivity index (χ3v) is 2.86. The van der Waals surface area contributed by atoms with E-state index < -0.39 is 0 Å². The van der Waals surface area contributed by atoms with Crippen molar-refractivity contribution in [3.8, 4) is 0 Å². The van der Waals surface area contributed by atoms with Gasteiger partial charge in [-0.3, -0.25) is 0 Å². The molecule has 3 heteroatoms. The van der Waals surface area contributed by atoms with Crippen LogP contribution in [0.4, 0.5) is 0 Å². The van der Waals surface area contributed by atoms with Crippen LogP contribution in [0.3, 0.4) is 0 Å². The van der Waals surface area contributed by atoms with Crippen LogP contribution >= 0.6 is 0 Å². The molecule has 0 spiro atoms. The first kappa shape index (κ1) is 9.59. The van der Waals surface area contributed by atoms with E-state index in [-0.39, 0.29) is 0 Å². The number of hydrogen-bond donors (Lipinski definition) is 1. The number of rotatable bonds is 2. The lowest BCUT2D eigenvalue weighted by Crippen LogP contribution is -2.27. The molecule has 1 fully saturated rings. The molecule has 2 heterocycles. The minimum atomic E-state index is 0.643. The van der Waals surface area contributed by atoms with Crippen molar-refractivity contribution >= 4 is 0 Å². The lowest BCUT2D eigenvalue weighted by Gasteiger charge is -2.22. The fourth-order valence-electron chi connectivity index (χ4n) is 1.95. The molecule has 0 bridgehead atoms. The van der Waals surface area contributed by atoms with E-state index in [4.69, 9.17) is 0 Å². The summed E-state index contributed by atoms with van der Waals surface area (Å²) in [6.07, 6.45) is 5.12. The molecule has 0 aliphatic carbocycles. The molecule has 0 radical (unpaired) electrons. The molecule has 0 amide bonds. The first-order valence-electron chi connectivity index (χ1n) is 5.41. The highest BCUT2D eigenvalue weighted by molar-refractivity contribution is 5.13. The molecular formula is C11H17N3. The van der Waals surface area contributed by atoms with Gasteiger partial charge in [0.15, 0.2) is 0 Å². The summed E-state index contributed by atoms with van der Waals surface area (Å²) in [5.74, 6) is 0.643. The first-order chi connectivity index (χ1) is 6.90. The zero-order valence-corrected chi connectivity index (χ0v) is 8.66. The van der Waals surface area contributed by atoms with Crippen molar-refractivity contribution in [1.82, 2.24) is 15.3 Å². The van der Waals surface area contributed by atoms with Crippen molar-refractivity contribution in [2.45, 2.75) is 32.1 Å². The van der Waals surface area contributed by atoms with E-state index in [9.17, 15) is 0 Å². The van der Waals surface area contributed by atoms with Crippen LogP contribution in [-0.4, -0.2) is 23.1 Å². The third-order valence-electron chi connectivity index (χ3n) is 2.86. The van der Waals surface area contributed by atoms with Gasteiger partial charge in [-0.05, 0) is 38.4 Å². The van der Waals surface area contributed by atoms with Gasteiger partial charge in [0.05, 0.1) is 0 Å². The molecule has 0 unspecified atom stereocenters. The van der Waals surface area contributed by atoms with Crippen LogP contribution in [0.2, 0.25) is 0 Å². The molecule has 2 rings (SSSR count). The Kier molecular flexibility index (Phi) is 3.09. The van der Waals surface area contributed by atoms with Gasteiger partial charge >= 0.3 is 0 Å². The Hall–Kier alpha value is -0.960. The molecule has 1 saturated heterocycles. The molecule has 0 aromatic carbocycles. The monoisotopic (exact) mass is 191 g/mol. The van der Waals surface area contributed by atoms with Crippen LogP contribution in [0, 0.1) is 0 Å². The molecule has 76 valence electrons. The van der Waals surface area contributed by atoms with Crippen LogP contribution < -0.4 is 5.32 Å². The average Bonchev–Trinajstić information content (AvgIpc) is 2.30. The SMILES string of the molecule is CCc1cc(C2CCNCC2)ncn1. The summed E-state index contributed by atoms with van der Waals surface area (Å²) in [4.78, 5) is 8.60. The summed E-state index contributed by atoms with van der Waals surface area (Å²) in [7, 11) is 0. The summed E-state index contributed by atoms with van der Waals surface area (Å²) < 4.78 is 0. The second-order valence-corrected chi connectivity index (χ2v) is 3.81. The predicted molar refractivity (Wildman–Crippen MR) is 56.3 cm³/mol. The molecule has 1 aromatic rings. The van der Waals surface area contributed by atoms with Gasteiger partial charge in [-0.15, -0.1) is 0 Å². The van der Waals surface area contributed by atoms with E-state index in [0.717, 1.165) is 25.2 Å². The predicted octanol–water partition coefficient (Wildman–Crippen LogP) is 1.51. The van der Waals surface area contributed by atoms with Gasteiger partial charge in [0.1, 0.15) is 6.33 Å². The van der Waals surface area contributed by atoms with E-state index in [1.807, 2.05) is 0 Å². The number of aryl methyl sites for hydroxylation is 1. The lowest BCUT2D eigenvalue weighted by atomic mass is 9.94. The number of hydrogen-bond acceptors (Lipinski definition) is 3. The van der Waals surface area contributed by atoms with Crippen LogP contribution in [-0.2, 0) is 6.42 Å². The summed E-state index contributed by atoms with van der Waals surface area (Å²) in [5, 5.41) is 3.37. The normalized spacial score (nSPS) is 18.4. The van der Waals surface area contributed by atoms with Crippen LogP contribution in [0.15, 0.2) is 12.4 Å². The maximum absolute atomic E-state index is 4.37. The van der Waals surface area contributed by atoms with Crippen molar-refractivity contribution in [1.29, 1.82) is 0 Å². The Morgan fingerprint density at radius 1 is 1.36 bits per heavy atom. The van der Waals surface area contributed by atoms with Crippen LogP contribution in [0.25, 0.3) is 0 Å².